The second-order valence-electron chi connectivity index (χ2n) is 8.46. The molecule has 2 rings (SSSR count). The highest BCUT2D eigenvalue weighted by Gasteiger charge is 2.48. The van der Waals surface area contributed by atoms with E-state index in [9.17, 15) is 0 Å². The van der Waals surface area contributed by atoms with E-state index in [-0.39, 0.29) is 0 Å². The molecular formula is C16H32OSi. The van der Waals surface area contributed by atoms with E-state index in [0.29, 0.717) is 16.6 Å². The standard InChI is InChI=1S/C16H32OSi/c1-15(2,3)18(5,6)17-14-10-8-12-16(4)11-7-9-13(14)16/h13-14H,7-12H2,1-6H3/t13-,14-,16+/m0/s1. The van der Waals surface area contributed by atoms with Gasteiger partial charge in [0.2, 0.25) is 0 Å². The maximum absolute atomic E-state index is 6.76. The fourth-order valence-electron chi connectivity index (χ4n) is 3.81. The summed E-state index contributed by atoms with van der Waals surface area (Å²) in [6.07, 6.45) is 8.98. The Morgan fingerprint density at radius 3 is 2.17 bits per heavy atom. The summed E-state index contributed by atoms with van der Waals surface area (Å²) in [4.78, 5) is 0. The molecule has 0 N–H and O–H groups in total. The van der Waals surface area contributed by atoms with Crippen LogP contribution in [0.2, 0.25) is 18.1 Å². The van der Waals surface area contributed by atoms with E-state index in [2.05, 4.69) is 40.8 Å². The highest BCUT2D eigenvalue weighted by atomic mass is 28.4. The third-order valence-electron chi connectivity index (χ3n) is 6.10. The molecule has 0 aliphatic heterocycles. The smallest absolute Gasteiger partial charge is 0.192 e. The Kier molecular flexibility index (Phi) is 3.75. The summed E-state index contributed by atoms with van der Waals surface area (Å²) in [6, 6.07) is 0. The van der Waals surface area contributed by atoms with Crippen LogP contribution in [0.4, 0.5) is 0 Å². The minimum absolute atomic E-state index is 0.347. The van der Waals surface area contributed by atoms with Gasteiger partial charge in [-0.1, -0.05) is 40.5 Å². The normalized spacial score (nSPS) is 37.7. The van der Waals surface area contributed by atoms with Gasteiger partial charge in [0.25, 0.3) is 0 Å². The predicted octanol–water partition coefficient (Wildman–Crippen LogP) is 5.37. The van der Waals surface area contributed by atoms with Crippen LogP contribution >= 0.6 is 0 Å². The molecule has 2 aliphatic carbocycles. The summed E-state index contributed by atoms with van der Waals surface area (Å²) in [7, 11) is -1.59. The van der Waals surface area contributed by atoms with Crippen LogP contribution in [0.15, 0.2) is 0 Å². The highest BCUT2D eigenvalue weighted by Crippen LogP contribution is 2.54. The SMILES string of the molecule is CC(C)(C)[Si](C)(C)O[C@H]1CCC[C@@]2(C)CCC[C@@H]12. The molecule has 2 saturated carbocycles. The van der Waals surface area contributed by atoms with E-state index in [1.54, 1.807) is 0 Å². The molecule has 0 unspecified atom stereocenters. The first kappa shape index (κ1) is 14.6. The lowest BCUT2D eigenvalue weighted by Gasteiger charge is -2.47. The fourth-order valence-corrected chi connectivity index (χ4v) is 5.20. The van der Waals surface area contributed by atoms with Crippen molar-refractivity contribution in [3.8, 4) is 0 Å². The van der Waals surface area contributed by atoms with Crippen LogP contribution in [-0.4, -0.2) is 14.4 Å². The number of rotatable bonds is 2. The van der Waals surface area contributed by atoms with Gasteiger partial charge in [-0.05, 0) is 55.1 Å². The largest absolute Gasteiger partial charge is 0.414 e. The molecule has 0 saturated heterocycles. The number of hydrogen-bond acceptors (Lipinski definition) is 1. The van der Waals surface area contributed by atoms with Gasteiger partial charge in [-0.3, -0.25) is 0 Å². The topological polar surface area (TPSA) is 9.23 Å². The van der Waals surface area contributed by atoms with Crippen LogP contribution in [0.1, 0.15) is 66.2 Å². The summed E-state index contributed by atoms with van der Waals surface area (Å²) in [6.45, 7) is 14.4. The molecule has 0 aromatic carbocycles. The summed E-state index contributed by atoms with van der Waals surface area (Å²) in [5.41, 5.74) is 0.602. The minimum atomic E-state index is -1.59. The van der Waals surface area contributed by atoms with Gasteiger partial charge in [-0.25, -0.2) is 0 Å². The molecule has 106 valence electrons. The van der Waals surface area contributed by atoms with Crippen molar-refractivity contribution in [2.75, 3.05) is 0 Å². The van der Waals surface area contributed by atoms with E-state index in [0.717, 1.165) is 5.92 Å². The third kappa shape index (κ3) is 2.56. The molecule has 2 aliphatic rings. The van der Waals surface area contributed by atoms with Crippen molar-refractivity contribution >= 4 is 8.32 Å². The van der Waals surface area contributed by atoms with Gasteiger partial charge in [-0.15, -0.1) is 0 Å². The summed E-state index contributed by atoms with van der Waals surface area (Å²) in [5.74, 6) is 0.848. The average Bonchev–Trinajstić information content (AvgIpc) is 2.58. The van der Waals surface area contributed by atoms with E-state index in [4.69, 9.17) is 4.43 Å². The second-order valence-corrected chi connectivity index (χ2v) is 13.2. The lowest BCUT2D eigenvalue weighted by atomic mass is 9.68. The molecule has 3 atom stereocenters. The third-order valence-corrected chi connectivity index (χ3v) is 10.6. The summed E-state index contributed by atoms with van der Waals surface area (Å²) in [5, 5.41) is 0.347. The van der Waals surface area contributed by atoms with Crippen LogP contribution in [-0.2, 0) is 4.43 Å². The van der Waals surface area contributed by atoms with E-state index < -0.39 is 8.32 Å². The Bertz CT molecular complexity index is 305. The quantitative estimate of drug-likeness (QED) is 0.612. The molecule has 0 heterocycles. The lowest BCUT2D eigenvalue weighted by Crippen LogP contribution is -2.48. The van der Waals surface area contributed by atoms with Crippen molar-refractivity contribution in [2.45, 2.75) is 90.5 Å². The predicted molar refractivity (Wildman–Crippen MR) is 81.4 cm³/mol. The van der Waals surface area contributed by atoms with Gasteiger partial charge < -0.3 is 4.43 Å². The Morgan fingerprint density at radius 1 is 1.06 bits per heavy atom. The monoisotopic (exact) mass is 268 g/mol. The molecular weight excluding hydrogens is 236 g/mol. The molecule has 0 aromatic rings. The highest BCUT2D eigenvalue weighted by molar-refractivity contribution is 6.74. The maximum atomic E-state index is 6.76. The molecule has 0 amide bonds. The van der Waals surface area contributed by atoms with Crippen LogP contribution in [0, 0.1) is 11.3 Å². The van der Waals surface area contributed by atoms with E-state index in [1.165, 1.54) is 38.5 Å². The van der Waals surface area contributed by atoms with Gasteiger partial charge in [0.1, 0.15) is 0 Å². The zero-order valence-electron chi connectivity index (χ0n) is 13.3. The zero-order chi connectivity index (χ0) is 13.6. The molecule has 1 nitrogen and oxygen atoms in total. The van der Waals surface area contributed by atoms with Crippen molar-refractivity contribution < 1.29 is 4.43 Å². The van der Waals surface area contributed by atoms with Gasteiger partial charge in [-0.2, -0.15) is 0 Å². The van der Waals surface area contributed by atoms with Gasteiger partial charge in [0, 0.05) is 6.10 Å². The minimum Gasteiger partial charge on any atom is -0.414 e. The molecule has 18 heavy (non-hydrogen) atoms. The van der Waals surface area contributed by atoms with Crippen molar-refractivity contribution in [1.82, 2.24) is 0 Å². The molecule has 0 bridgehead atoms. The molecule has 2 heteroatoms. The number of hydrogen-bond donors (Lipinski definition) is 0. The maximum Gasteiger partial charge on any atom is 0.192 e. The van der Waals surface area contributed by atoms with Crippen LogP contribution < -0.4 is 0 Å². The molecule has 0 radical (unpaired) electrons. The number of fused-ring (bicyclic) bond motifs is 1. The van der Waals surface area contributed by atoms with Crippen LogP contribution in [0.25, 0.3) is 0 Å². The molecule has 0 aromatic heterocycles. The van der Waals surface area contributed by atoms with Crippen LogP contribution in [0.3, 0.4) is 0 Å². The van der Waals surface area contributed by atoms with Gasteiger partial charge in [0.15, 0.2) is 8.32 Å². The van der Waals surface area contributed by atoms with Crippen molar-refractivity contribution in [1.29, 1.82) is 0 Å². The average molecular weight is 269 g/mol. The van der Waals surface area contributed by atoms with E-state index >= 15 is 0 Å². The molecule has 2 fully saturated rings. The summed E-state index contributed by atoms with van der Waals surface area (Å²) >= 11 is 0. The van der Waals surface area contributed by atoms with Crippen molar-refractivity contribution in [2.24, 2.45) is 11.3 Å². The van der Waals surface area contributed by atoms with E-state index in [1.807, 2.05) is 0 Å². The Morgan fingerprint density at radius 2 is 1.61 bits per heavy atom. The Labute approximate surface area is 115 Å². The fraction of sp³-hybridized carbons (Fsp3) is 1.00. The van der Waals surface area contributed by atoms with Crippen molar-refractivity contribution in [3.05, 3.63) is 0 Å². The van der Waals surface area contributed by atoms with Crippen LogP contribution in [0.5, 0.6) is 0 Å². The Hall–Kier alpha value is 0.177. The van der Waals surface area contributed by atoms with Gasteiger partial charge in [0.05, 0.1) is 0 Å². The first-order valence-electron chi connectivity index (χ1n) is 7.84. The summed E-state index contributed by atoms with van der Waals surface area (Å²) < 4.78 is 6.76. The lowest BCUT2D eigenvalue weighted by molar-refractivity contribution is 0.0101. The van der Waals surface area contributed by atoms with Gasteiger partial charge >= 0.3 is 0 Å². The second kappa shape index (κ2) is 4.62. The first-order valence-corrected chi connectivity index (χ1v) is 10.7. The first-order chi connectivity index (χ1) is 8.16. The van der Waals surface area contributed by atoms with Crippen molar-refractivity contribution in [3.63, 3.8) is 0 Å². The molecule has 0 spiro atoms. The Balaban J connectivity index is 2.10. The zero-order valence-corrected chi connectivity index (χ0v) is 14.3.